The van der Waals surface area contributed by atoms with Crippen LogP contribution in [-0.4, -0.2) is 34.8 Å². The molecule has 1 amide bonds. The van der Waals surface area contributed by atoms with Gasteiger partial charge < -0.3 is 10.6 Å². The molecule has 2 N–H and O–H groups in total. The van der Waals surface area contributed by atoms with Crippen molar-refractivity contribution in [1.29, 1.82) is 0 Å². The van der Waals surface area contributed by atoms with Gasteiger partial charge in [-0.25, -0.2) is 0 Å². The number of carbonyl (C=O) groups excluding carboxylic acids is 1. The van der Waals surface area contributed by atoms with Crippen LogP contribution in [0.5, 0.6) is 0 Å². The third-order valence-electron chi connectivity index (χ3n) is 2.83. The van der Waals surface area contributed by atoms with Crippen molar-refractivity contribution in [2.75, 3.05) is 13.1 Å². The van der Waals surface area contributed by atoms with Gasteiger partial charge in [-0.2, -0.15) is 5.10 Å². The van der Waals surface area contributed by atoms with Crippen LogP contribution in [0.3, 0.4) is 0 Å². The molecule has 16 heavy (non-hydrogen) atoms. The van der Waals surface area contributed by atoms with Crippen LogP contribution in [-0.2, 0) is 6.54 Å². The number of hydrogen-bond acceptors (Lipinski definition) is 3. The third-order valence-corrected chi connectivity index (χ3v) is 2.83. The molecule has 1 fully saturated rings. The zero-order valence-electron chi connectivity index (χ0n) is 9.79. The number of amides is 1. The first-order valence-electron chi connectivity index (χ1n) is 5.76. The van der Waals surface area contributed by atoms with Gasteiger partial charge >= 0.3 is 0 Å². The van der Waals surface area contributed by atoms with Crippen LogP contribution >= 0.6 is 0 Å². The molecular formula is C11H18N4O. The minimum absolute atomic E-state index is 0.0175. The molecule has 2 heterocycles. The molecule has 5 heteroatoms. The summed E-state index contributed by atoms with van der Waals surface area (Å²) in [6.07, 6.45) is 1.00. The van der Waals surface area contributed by atoms with Crippen LogP contribution in [0.1, 0.15) is 29.5 Å². The predicted octanol–water partition coefficient (Wildman–Crippen LogP) is 0.303. The quantitative estimate of drug-likeness (QED) is 0.773. The van der Waals surface area contributed by atoms with Crippen LogP contribution in [0.15, 0.2) is 6.07 Å². The lowest BCUT2D eigenvalue weighted by atomic mass is 10.2. The van der Waals surface area contributed by atoms with Crippen molar-refractivity contribution < 1.29 is 4.79 Å². The molecule has 2 rings (SSSR count). The van der Waals surface area contributed by atoms with Crippen LogP contribution in [0.25, 0.3) is 0 Å². The fraction of sp³-hybridized carbons (Fsp3) is 0.636. The highest BCUT2D eigenvalue weighted by Gasteiger charge is 2.19. The summed E-state index contributed by atoms with van der Waals surface area (Å²) in [5.74, 6) is -0.0175. The summed E-state index contributed by atoms with van der Waals surface area (Å²) in [5.41, 5.74) is 1.54. The van der Waals surface area contributed by atoms with Crippen molar-refractivity contribution in [2.45, 2.75) is 32.9 Å². The Labute approximate surface area is 95.2 Å². The van der Waals surface area contributed by atoms with Gasteiger partial charge in [0.05, 0.1) is 5.69 Å². The molecule has 5 nitrogen and oxygen atoms in total. The summed E-state index contributed by atoms with van der Waals surface area (Å²) < 4.78 is 1.74. The fourth-order valence-corrected chi connectivity index (χ4v) is 2.01. The van der Waals surface area contributed by atoms with E-state index < -0.39 is 0 Å². The fourth-order valence-electron chi connectivity index (χ4n) is 2.01. The SMILES string of the molecule is CCn1nc(C)cc1C(=O)NC1CCNC1. The van der Waals surface area contributed by atoms with E-state index in [2.05, 4.69) is 15.7 Å². The van der Waals surface area contributed by atoms with Crippen molar-refractivity contribution in [3.05, 3.63) is 17.5 Å². The van der Waals surface area contributed by atoms with Crippen molar-refractivity contribution in [2.24, 2.45) is 0 Å². The summed E-state index contributed by atoms with van der Waals surface area (Å²) in [6, 6.07) is 2.09. The van der Waals surface area contributed by atoms with E-state index in [4.69, 9.17) is 0 Å². The highest BCUT2D eigenvalue weighted by Crippen LogP contribution is 2.05. The van der Waals surface area contributed by atoms with Gasteiger partial charge in [0.15, 0.2) is 0 Å². The van der Waals surface area contributed by atoms with Crippen LogP contribution < -0.4 is 10.6 Å². The van der Waals surface area contributed by atoms with E-state index in [0.717, 1.165) is 31.7 Å². The molecule has 0 aliphatic carbocycles. The first kappa shape index (κ1) is 11.1. The first-order chi connectivity index (χ1) is 7.70. The second kappa shape index (κ2) is 4.65. The van der Waals surface area contributed by atoms with E-state index >= 15 is 0 Å². The molecular weight excluding hydrogens is 204 g/mol. The Bertz CT molecular complexity index is 379. The van der Waals surface area contributed by atoms with E-state index in [1.807, 2.05) is 19.9 Å². The van der Waals surface area contributed by atoms with Crippen molar-refractivity contribution in [3.8, 4) is 0 Å². The molecule has 1 aliphatic rings. The molecule has 0 spiro atoms. The second-order valence-corrected chi connectivity index (χ2v) is 4.15. The molecule has 0 radical (unpaired) electrons. The number of hydrogen-bond donors (Lipinski definition) is 2. The lowest BCUT2D eigenvalue weighted by molar-refractivity contribution is 0.0929. The Morgan fingerprint density at radius 1 is 1.75 bits per heavy atom. The minimum Gasteiger partial charge on any atom is -0.347 e. The predicted molar refractivity (Wildman–Crippen MR) is 61.4 cm³/mol. The Hall–Kier alpha value is -1.36. The average Bonchev–Trinajstić information content (AvgIpc) is 2.86. The van der Waals surface area contributed by atoms with Gasteiger partial charge in [0.25, 0.3) is 5.91 Å². The monoisotopic (exact) mass is 222 g/mol. The summed E-state index contributed by atoms with van der Waals surface area (Å²) in [6.45, 7) is 6.46. The topological polar surface area (TPSA) is 59.0 Å². The summed E-state index contributed by atoms with van der Waals surface area (Å²) >= 11 is 0. The number of rotatable bonds is 3. The van der Waals surface area contributed by atoms with Gasteiger partial charge in [-0.3, -0.25) is 9.48 Å². The minimum atomic E-state index is -0.0175. The van der Waals surface area contributed by atoms with Crippen molar-refractivity contribution in [3.63, 3.8) is 0 Å². The maximum atomic E-state index is 12.0. The van der Waals surface area contributed by atoms with E-state index in [0.29, 0.717) is 5.69 Å². The van der Waals surface area contributed by atoms with Crippen LogP contribution in [0.4, 0.5) is 0 Å². The molecule has 1 aromatic heterocycles. The molecule has 1 aromatic rings. The first-order valence-corrected chi connectivity index (χ1v) is 5.76. The van der Waals surface area contributed by atoms with Gasteiger partial charge in [0.2, 0.25) is 0 Å². The third kappa shape index (κ3) is 2.24. The summed E-state index contributed by atoms with van der Waals surface area (Å²) in [7, 11) is 0. The molecule has 0 saturated carbocycles. The maximum absolute atomic E-state index is 12.0. The van der Waals surface area contributed by atoms with E-state index in [-0.39, 0.29) is 11.9 Å². The average molecular weight is 222 g/mol. The largest absolute Gasteiger partial charge is 0.347 e. The highest BCUT2D eigenvalue weighted by atomic mass is 16.2. The van der Waals surface area contributed by atoms with E-state index in [1.54, 1.807) is 4.68 Å². The normalized spacial score (nSPS) is 20.0. The summed E-state index contributed by atoms with van der Waals surface area (Å²) in [5, 5.41) is 10.5. The molecule has 1 unspecified atom stereocenters. The van der Waals surface area contributed by atoms with E-state index in [9.17, 15) is 4.79 Å². The molecule has 1 aliphatic heterocycles. The number of aromatic nitrogens is 2. The standard InChI is InChI=1S/C11H18N4O/c1-3-15-10(6-8(2)14-15)11(16)13-9-4-5-12-7-9/h6,9,12H,3-5,7H2,1-2H3,(H,13,16). The Morgan fingerprint density at radius 3 is 3.19 bits per heavy atom. The van der Waals surface area contributed by atoms with Crippen LogP contribution in [0.2, 0.25) is 0 Å². The van der Waals surface area contributed by atoms with E-state index in [1.165, 1.54) is 0 Å². The molecule has 1 atom stereocenters. The van der Waals surface area contributed by atoms with Gasteiger partial charge in [-0.1, -0.05) is 0 Å². The molecule has 88 valence electrons. The Balaban J connectivity index is 2.07. The smallest absolute Gasteiger partial charge is 0.269 e. The highest BCUT2D eigenvalue weighted by molar-refractivity contribution is 5.92. The Kier molecular flexibility index (Phi) is 3.24. The second-order valence-electron chi connectivity index (χ2n) is 4.15. The number of aryl methyl sites for hydroxylation is 2. The van der Waals surface area contributed by atoms with Crippen LogP contribution in [0, 0.1) is 6.92 Å². The zero-order chi connectivity index (χ0) is 11.5. The lowest BCUT2D eigenvalue weighted by Gasteiger charge is -2.11. The number of nitrogens with one attached hydrogen (secondary N) is 2. The summed E-state index contributed by atoms with van der Waals surface area (Å²) in [4.78, 5) is 12.0. The lowest BCUT2D eigenvalue weighted by Crippen LogP contribution is -2.37. The van der Waals surface area contributed by atoms with Crippen molar-refractivity contribution >= 4 is 5.91 Å². The molecule has 0 bridgehead atoms. The molecule has 1 saturated heterocycles. The van der Waals surface area contributed by atoms with Gasteiger partial charge in [0.1, 0.15) is 5.69 Å². The maximum Gasteiger partial charge on any atom is 0.269 e. The zero-order valence-corrected chi connectivity index (χ0v) is 9.79. The van der Waals surface area contributed by atoms with Gasteiger partial charge in [0, 0.05) is 19.1 Å². The van der Waals surface area contributed by atoms with Crippen molar-refractivity contribution in [1.82, 2.24) is 20.4 Å². The van der Waals surface area contributed by atoms with Gasteiger partial charge in [-0.05, 0) is 32.9 Å². The number of carbonyl (C=O) groups is 1. The Morgan fingerprint density at radius 2 is 2.56 bits per heavy atom. The molecule has 0 aromatic carbocycles. The number of nitrogens with zero attached hydrogens (tertiary/aromatic N) is 2. The van der Waals surface area contributed by atoms with Gasteiger partial charge in [-0.15, -0.1) is 0 Å².